The minimum absolute atomic E-state index is 0.272. The van der Waals surface area contributed by atoms with Crippen molar-refractivity contribution < 1.29 is 0 Å². The van der Waals surface area contributed by atoms with E-state index < -0.39 is 0 Å². The van der Waals surface area contributed by atoms with E-state index in [4.69, 9.17) is 0 Å². The Bertz CT molecular complexity index is 493. The van der Waals surface area contributed by atoms with Gasteiger partial charge in [0.15, 0.2) is 0 Å². The summed E-state index contributed by atoms with van der Waals surface area (Å²) in [5.41, 5.74) is 2.59. The Morgan fingerprint density at radius 1 is 0.714 bits per heavy atom. The van der Waals surface area contributed by atoms with Crippen molar-refractivity contribution >= 4 is 0 Å². The largest absolute Gasteiger partial charge is 0.302 e. The maximum atomic E-state index is 3.89. The summed E-state index contributed by atoms with van der Waals surface area (Å²) in [6.45, 7) is 7.78. The summed E-state index contributed by atoms with van der Waals surface area (Å²) in [6.07, 6.45) is 5.76. The normalized spacial score (nSPS) is 13.3. The first kappa shape index (κ1) is 15.3. The van der Waals surface area contributed by atoms with Crippen molar-refractivity contribution in [3.63, 3.8) is 0 Å². The molecule has 0 spiro atoms. The predicted octanol–water partition coefficient (Wildman–Crippen LogP) is 5.21. The van der Waals surface area contributed by atoms with Crippen LogP contribution < -0.4 is 5.32 Å². The highest BCUT2D eigenvalue weighted by Gasteiger charge is 2.16. The lowest BCUT2D eigenvalue weighted by molar-refractivity contribution is 0.448. The summed E-state index contributed by atoms with van der Waals surface area (Å²) in [7, 11) is 0. The van der Waals surface area contributed by atoms with E-state index in [1.165, 1.54) is 11.1 Å². The van der Waals surface area contributed by atoms with Crippen molar-refractivity contribution in [3.05, 3.63) is 97.1 Å². The summed E-state index contributed by atoms with van der Waals surface area (Å²) in [4.78, 5) is 0. The minimum atomic E-state index is 0.272. The predicted molar refractivity (Wildman–Crippen MR) is 91.1 cm³/mol. The number of benzene rings is 2. The molecule has 2 aromatic rings. The molecule has 0 amide bonds. The van der Waals surface area contributed by atoms with Crippen LogP contribution in [0.3, 0.4) is 0 Å². The van der Waals surface area contributed by atoms with E-state index in [0.717, 1.165) is 12.8 Å². The van der Waals surface area contributed by atoms with Crippen molar-refractivity contribution in [2.75, 3.05) is 0 Å². The van der Waals surface area contributed by atoms with Crippen LogP contribution in [-0.4, -0.2) is 0 Å². The van der Waals surface area contributed by atoms with Crippen molar-refractivity contribution in [3.8, 4) is 0 Å². The zero-order valence-corrected chi connectivity index (χ0v) is 12.4. The van der Waals surface area contributed by atoms with Gasteiger partial charge < -0.3 is 5.32 Å². The molecule has 0 aromatic heterocycles. The monoisotopic (exact) mass is 277 g/mol. The zero-order valence-electron chi connectivity index (χ0n) is 12.4. The molecule has 1 nitrogen and oxygen atoms in total. The molecule has 0 fully saturated rings. The molecule has 0 aliphatic carbocycles. The minimum Gasteiger partial charge on any atom is -0.302 e. The molecule has 0 heterocycles. The third kappa shape index (κ3) is 4.44. The Morgan fingerprint density at radius 3 is 1.43 bits per heavy atom. The molecule has 1 heteroatoms. The molecule has 21 heavy (non-hydrogen) atoms. The molecule has 0 saturated heterocycles. The maximum absolute atomic E-state index is 3.89. The van der Waals surface area contributed by atoms with Crippen LogP contribution in [0, 0.1) is 0 Å². The van der Waals surface area contributed by atoms with Crippen molar-refractivity contribution in [1.82, 2.24) is 5.32 Å². The van der Waals surface area contributed by atoms with Crippen molar-refractivity contribution in [2.24, 2.45) is 0 Å². The van der Waals surface area contributed by atoms with Gasteiger partial charge in [0, 0.05) is 12.1 Å². The highest BCUT2D eigenvalue weighted by molar-refractivity contribution is 5.23. The molecule has 0 aliphatic rings. The summed E-state index contributed by atoms with van der Waals surface area (Å²) in [6, 6.07) is 21.6. The quantitative estimate of drug-likeness (QED) is 0.653. The molecule has 0 bridgehead atoms. The fraction of sp³-hybridized carbons (Fsp3) is 0.200. The Balaban J connectivity index is 2.20. The van der Waals surface area contributed by atoms with Gasteiger partial charge in [-0.25, -0.2) is 0 Å². The van der Waals surface area contributed by atoms with Gasteiger partial charge in [0.2, 0.25) is 0 Å². The van der Waals surface area contributed by atoms with Gasteiger partial charge in [0.1, 0.15) is 0 Å². The molecule has 0 radical (unpaired) electrons. The van der Waals surface area contributed by atoms with Gasteiger partial charge in [-0.2, -0.15) is 0 Å². The summed E-state index contributed by atoms with van der Waals surface area (Å²) >= 11 is 0. The Labute approximate surface area is 128 Å². The van der Waals surface area contributed by atoms with E-state index in [1.807, 2.05) is 24.3 Å². The molecule has 2 atom stereocenters. The van der Waals surface area contributed by atoms with Crippen LogP contribution in [0.5, 0.6) is 0 Å². The second-order valence-corrected chi connectivity index (χ2v) is 5.14. The fourth-order valence-corrected chi connectivity index (χ4v) is 2.55. The molecule has 108 valence electrons. The third-order valence-corrected chi connectivity index (χ3v) is 3.61. The van der Waals surface area contributed by atoms with E-state index in [9.17, 15) is 0 Å². The number of hydrogen-bond donors (Lipinski definition) is 1. The molecular formula is C20H23N. The van der Waals surface area contributed by atoms with E-state index in [0.29, 0.717) is 0 Å². The lowest BCUT2D eigenvalue weighted by Gasteiger charge is -2.25. The van der Waals surface area contributed by atoms with E-state index in [1.54, 1.807) is 0 Å². The zero-order chi connectivity index (χ0) is 14.9. The van der Waals surface area contributed by atoms with Gasteiger partial charge in [-0.15, -0.1) is 13.2 Å². The topological polar surface area (TPSA) is 12.0 Å². The SMILES string of the molecule is C=CCC(NC(CC=C)c1ccccc1)c1ccccc1. The maximum Gasteiger partial charge on any atom is 0.0360 e. The smallest absolute Gasteiger partial charge is 0.0360 e. The molecule has 1 N–H and O–H groups in total. The number of nitrogens with one attached hydrogen (secondary N) is 1. The van der Waals surface area contributed by atoms with Gasteiger partial charge in [0.05, 0.1) is 0 Å². The van der Waals surface area contributed by atoms with Crippen LogP contribution in [0.1, 0.15) is 36.1 Å². The van der Waals surface area contributed by atoms with Gasteiger partial charge >= 0.3 is 0 Å². The lowest BCUT2D eigenvalue weighted by Crippen LogP contribution is -2.26. The molecule has 2 rings (SSSR count). The highest BCUT2D eigenvalue weighted by Crippen LogP contribution is 2.25. The molecule has 2 unspecified atom stereocenters. The van der Waals surface area contributed by atoms with E-state index >= 15 is 0 Å². The number of rotatable bonds is 8. The first-order valence-corrected chi connectivity index (χ1v) is 7.43. The average molecular weight is 277 g/mol. The van der Waals surface area contributed by atoms with Crippen LogP contribution in [0.4, 0.5) is 0 Å². The second-order valence-electron chi connectivity index (χ2n) is 5.14. The van der Waals surface area contributed by atoms with Crippen molar-refractivity contribution in [1.29, 1.82) is 0 Å². The molecule has 0 aliphatic heterocycles. The molecule has 2 aromatic carbocycles. The van der Waals surface area contributed by atoms with Gasteiger partial charge in [-0.05, 0) is 24.0 Å². The Morgan fingerprint density at radius 2 is 1.10 bits per heavy atom. The average Bonchev–Trinajstić information content (AvgIpc) is 2.55. The Hall–Kier alpha value is -2.12. The van der Waals surface area contributed by atoms with Crippen molar-refractivity contribution in [2.45, 2.75) is 24.9 Å². The summed E-state index contributed by atoms with van der Waals surface area (Å²) in [5, 5.41) is 3.75. The first-order valence-electron chi connectivity index (χ1n) is 7.43. The fourth-order valence-electron chi connectivity index (χ4n) is 2.55. The highest BCUT2D eigenvalue weighted by atomic mass is 14.9. The first-order chi connectivity index (χ1) is 10.3. The lowest BCUT2D eigenvalue weighted by atomic mass is 9.98. The summed E-state index contributed by atoms with van der Waals surface area (Å²) in [5.74, 6) is 0. The van der Waals surface area contributed by atoms with Crippen LogP contribution in [0.25, 0.3) is 0 Å². The van der Waals surface area contributed by atoms with Gasteiger partial charge in [-0.1, -0.05) is 72.8 Å². The van der Waals surface area contributed by atoms with Gasteiger partial charge in [0.25, 0.3) is 0 Å². The Kier molecular flexibility index (Phi) is 5.99. The van der Waals surface area contributed by atoms with Crippen LogP contribution >= 0.6 is 0 Å². The van der Waals surface area contributed by atoms with Gasteiger partial charge in [-0.3, -0.25) is 0 Å². The second kappa shape index (κ2) is 8.23. The van der Waals surface area contributed by atoms with E-state index in [2.05, 4.69) is 67.0 Å². The third-order valence-electron chi connectivity index (χ3n) is 3.61. The summed E-state index contributed by atoms with van der Waals surface area (Å²) < 4.78 is 0. The van der Waals surface area contributed by atoms with E-state index in [-0.39, 0.29) is 12.1 Å². The van der Waals surface area contributed by atoms with Crippen LogP contribution in [-0.2, 0) is 0 Å². The van der Waals surface area contributed by atoms with Crippen LogP contribution in [0.2, 0.25) is 0 Å². The standard InChI is InChI=1S/C20H23N/c1-3-11-19(17-13-7-5-8-14-17)21-20(12-4-2)18-15-9-6-10-16-18/h3-10,13-16,19-21H,1-2,11-12H2. The molecule has 0 saturated carbocycles. The molecular weight excluding hydrogens is 254 g/mol. The van der Waals surface area contributed by atoms with Crippen LogP contribution in [0.15, 0.2) is 86.0 Å². The number of hydrogen-bond acceptors (Lipinski definition) is 1.